The topological polar surface area (TPSA) is 92.5 Å². The maximum Gasteiger partial charge on any atom is 0.257 e. The Kier molecular flexibility index (Phi) is 5.81. The SMILES string of the molecule is Cc1onc(-c2c(Cl)cccc2Cl)c1C(=O)NC1CCCN(S(C)(=O)=O)C1. The summed E-state index contributed by atoms with van der Waals surface area (Å²) in [6.45, 7) is 2.31. The highest BCUT2D eigenvalue weighted by Crippen LogP contribution is 2.36. The maximum absolute atomic E-state index is 12.9. The predicted octanol–water partition coefficient (Wildman–Crippen LogP) is 3.11. The standard InChI is InChI=1S/C17H19Cl2N3O4S/c1-10-14(16(21-26-10)15-12(18)6-3-7-13(15)19)17(23)20-11-5-4-8-22(9-11)27(2,24)25/h3,6-7,11H,4-5,8-9H2,1-2H3,(H,20,23). The molecule has 0 radical (unpaired) electrons. The van der Waals surface area contributed by atoms with E-state index >= 15 is 0 Å². The third kappa shape index (κ3) is 4.29. The number of aryl methyl sites for hydroxylation is 1. The van der Waals surface area contributed by atoms with E-state index in [1.165, 1.54) is 10.6 Å². The van der Waals surface area contributed by atoms with Crippen LogP contribution < -0.4 is 5.32 Å². The smallest absolute Gasteiger partial charge is 0.257 e. The van der Waals surface area contributed by atoms with E-state index in [4.69, 9.17) is 27.7 Å². The lowest BCUT2D eigenvalue weighted by Crippen LogP contribution is -2.49. The van der Waals surface area contributed by atoms with Gasteiger partial charge in [-0.1, -0.05) is 34.4 Å². The first-order valence-corrected chi connectivity index (χ1v) is 11.0. The summed E-state index contributed by atoms with van der Waals surface area (Å²) >= 11 is 12.5. The van der Waals surface area contributed by atoms with Crippen LogP contribution in [-0.2, 0) is 10.0 Å². The van der Waals surface area contributed by atoms with Crippen molar-refractivity contribution in [3.63, 3.8) is 0 Å². The molecule has 1 aromatic heterocycles. The number of carbonyl (C=O) groups is 1. The van der Waals surface area contributed by atoms with Crippen LogP contribution in [0.5, 0.6) is 0 Å². The van der Waals surface area contributed by atoms with Gasteiger partial charge in [-0.25, -0.2) is 12.7 Å². The van der Waals surface area contributed by atoms with Gasteiger partial charge in [0.2, 0.25) is 10.0 Å². The Balaban J connectivity index is 1.87. The maximum atomic E-state index is 12.9. The minimum atomic E-state index is -3.30. The molecule has 27 heavy (non-hydrogen) atoms. The average molecular weight is 432 g/mol. The Bertz CT molecular complexity index is 954. The Morgan fingerprint density at radius 1 is 1.33 bits per heavy atom. The van der Waals surface area contributed by atoms with Crippen LogP contribution in [0, 0.1) is 6.92 Å². The fourth-order valence-corrected chi connectivity index (χ4v) is 4.64. The Morgan fingerprint density at radius 2 is 2.00 bits per heavy atom. The zero-order valence-corrected chi connectivity index (χ0v) is 17.2. The van der Waals surface area contributed by atoms with Crippen molar-refractivity contribution in [3.8, 4) is 11.3 Å². The Morgan fingerprint density at radius 3 is 2.63 bits per heavy atom. The number of nitrogens with one attached hydrogen (secondary N) is 1. The number of carbonyl (C=O) groups excluding carboxylic acids is 1. The van der Waals surface area contributed by atoms with Crippen LogP contribution >= 0.6 is 23.2 Å². The van der Waals surface area contributed by atoms with Gasteiger partial charge in [0, 0.05) is 24.7 Å². The number of amides is 1. The third-order valence-electron chi connectivity index (χ3n) is 4.48. The van der Waals surface area contributed by atoms with Crippen LogP contribution in [0.25, 0.3) is 11.3 Å². The molecule has 1 saturated heterocycles. The predicted molar refractivity (Wildman–Crippen MR) is 104 cm³/mol. The van der Waals surface area contributed by atoms with Crippen LogP contribution in [-0.4, -0.2) is 49.2 Å². The fourth-order valence-electron chi connectivity index (χ4n) is 3.15. The quantitative estimate of drug-likeness (QED) is 0.802. The molecule has 1 amide bonds. The number of hydrogen-bond acceptors (Lipinski definition) is 5. The van der Waals surface area contributed by atoms with Crippen molar-refractivity contribution in [2.24, 2.45) is 0 Å². The van der Waals surface area contributed by atoms with Crippen LogP contribution in [0.1, 0.15) is 29.0 Å². The van der Waals surface area contributed by atoms with Crippen molar-refractivity contribution in [3.05, 3.63) is 39.6 Å². The molecule has 1 aromatic carbocycles. The van der Waals surface area contributed by atoms with E-state index in [9.17, 15) is 13.2 Å². The van der Waals surface area contributed by atoms with E-state index in [1.54, 1.807) is 25.1 Å². The number of nitrogens with zero attached hydrogens (tertiary/aromatic N) is 2. The Hall–Kier alpha value is -1.61. The molecule has 0 aliphatic carbocycles. The fraction of sp³-hybridized carbons (Fsp3) is 0.412. The normalized spacial score (nSPS) is 18.4. The molecule has 146 valence electrons. The van der Waals surface area contributed by atoms with Crippen LogP contribution in [0.2, 0.25) is 10.0 Å². The molecule has 2 heterocycles. The second-order valence-corrected chi connectivity index (χ2v) is 9.29. The molecule has 10 heteroatoms. The lowest BCUT2D eigenvalue weighted by atomic mass is 10.0. The van der Waals surface area contributed by atoms with Gasteiger partial charge in [-0.3, -0.25) is 4.79 Å². The lowest BCUT2D eigenvalue weighted by Gasteiger charge is -2.31. The third-order valence-corrected chi connectivity index (χ3v) is 6.38. The molecule has 2 aromatic rings. The monoisotopic (exact) mass is 431 g/mol. The van der Waals surface area contributed by atoms with E-state index in [0.717, 1.165) is 0 Å². The van der Waals surface area contributed by atoms with Crippen LogP contribution in [0.3, 0.4) is 0 Å². The number of benzene rings is 1. The van der Waals surface area contributed by atoms with Gasteiger partial charge in [-0.05, 0) is 31.9 Å². The number of hydrogen-bond donors (Lipinski definition) is 1. The average Bonchev–Trinajstić information content (AvgIpc) is 2.95. The van der Waals surface area contributed by atoms with E-state index in [0.29, 0.717) is 40.8 Å². The molecule has 1 aliphatic rings. The summed E-state index contributed by atoms with van der Waals surface area (Å²) in [4.78, 5) is 12.9. The van der Waals surface area contributed by atoms with E-state index in [1.807, 2.05) is 0 Å². The molecular formula is C17H19Cl2N3O4S. The zero-order chi connectivity index (χ0) is 19.8. The summed E-state index contributed by atoms with van der Waals surface area (Å²) in [7, 11) is -3.30. The molecule has 7 nitrogen and oxygen atoms in total. The first-order valence-electron chi connectivity index (χ1n) is 8.35. The summed E-state index contributed by atoms with van der Waals surface area (Å²) in [6, 6.07) is 4.70. The van der Waals surface area contributed by atoms with Gasteiger partial charge >= 0.3 is 0 Å². The second kappa shape index (κ2) is 7.79. The molecular weight excluding hydrogens is 413 g/mol. The van der Waals surface area contributed by atoms with Crippen molar-refractivity contribution >= 4 is 39.1 Å². The van der Waals surface area contributed by atoms with Crippen molar-refractivity contribution in [2.45, 2.75) is 25.8 Å². The summed E-state index contributed by atoms with van der Waals surface area (Å²) in [5, 5.41) is 7.55. The van der Waals surface area contributed by atoms with Crippen molar-refractivity contribution in [1.82, 2.24) is 14.8 Å². The number of rotatable bonds is 4. The number of aromatic nitrogens is 1. The van der Waals surface area contributed by atoms with Gasteiger partial charge in [-0.15, -0.1) is 0 Å². The van der Waals surface area contributed by atoms with Crippen molar-refractivity contribution < 1.29 is 17.7 Å². The number of sulfonamides is 1. The molecule has 1 aliphatic heterocycles. The molecule has 1 fully saturated rings. The number of halogens is 2. The van der Waals surface area contributed by atoms with Gasteiger partial charge in [-0.2, -0.15) is 0 Å². The zero-order valence-electron chi connectivity index (χ0n) is 14.8. The second-order valence-electron chi connectivity index (χ2n) is 6.49. The first kappa shape index (κ1) is 20.1. The van der Waals surface area contributed by atoms with E-state index in [2.05, 4.69) is 10.5 Å². The molecule has 0 spiro atoms. The first-order chi connectivity index (χ1) is 12.7. The Labute approximate surface area is 167 Å². The summed E-state index contributed by atoms with van der Waals surface area (Å²) in [6.07, 6.45) is 2.52. The largest absolute Gasteiger partial charge is 0.360 e. The molecule has 1 N–H and O–H groups in total. The number of piperidine rings is 1. The molecule has 1 atom stereocenters. The lowest BCUT2D eigenvalue weighted by molar-refractivity contribution is 0.0920. The highest BCUT2D eigenvalue weighted by atomic mass is 35.5. The van der Waals surface area contributed by atoms with Gasteiger partial charge in [0.1, 0.15) is 17.0 Å². The van der Waals surface area contributed by atoms with E-state index < -0.39 is 15.9 Å². The summed E-state index contributed by atoms with van der Waals surface area (Å²) in [5.74, 6) is -0.0747. The van der Waals surface area contributed by atoms with Gasteiger partial charge in [0.25, 0.3) is 5.91 Å². The van der Waals surface area contributed by atoms with Gasteiger partial charge < -0.3 is 9.84 Å². The molecule has 0 bridgehead atoms. The van der Waals surface area contributed by atoms with Gasteiger partial charge in [0.15, 0.2) is 0 Å². The van der Waals surface area contributed by atoms with Crippen molar-refractivity contribution in [1.29, 1.82) is 0 Å². The highest BCUT2D eigenvalue weighted by molar-refractivity contribution is 7.88. The van der Waals surface area contributed by atoms with Gasteiger partial charge in [0.05, 0.1) is 16.3 Å². The molecule has 3 rings (SSSR count). The molecule has 0 saturated carbocycles. The molecule has 1 unspecified atom stereocenters. The van der Waals surface area contributed by atoms with Crippen molar-refractivity contribution in [2.75, 3.05) is 19.3 Å². The van der Waals surface area contributed by atoms with E-state index in [-0.39, 0.29) is 23.8 Å². The van der Waals surface area contributed by atoms with Crippen LogP contribution in [0.4, 0.5) is 0 Å². The summed E-state index contributed by atoms with van der Waals surface area (Å²) in [5.41, 5.74) is 0.919. The summed E-state index contributed by atoms with van der Waals surface area (Å²) < 4.78 is 30.1. The minimum Gasteiger partial charge on any atom is -0.360 e. The minimum absolute atomic E-state index is 0.233. The van der Waals surface area contributed by atoms with Crippen LogP contribution in [0.15, 0.2) is 22.7 Å². The highest BCUT2D eigenvalue weighted by Gasteiger charge is 2.30.